The SMILES string of the molecule is CC1CCN(c2ccc(NC(=O)C(C)C)cc2C(=O)NCc2cccnc2)CC1. The molecule has 6 heteroatoms. The van der Waals surface area contributed by atoms with E-state index in [-0.39, 0.29) is 17.7 Å². The maximum Gasteiger partial charge on any atom is 0.253 e. The molecule has 154 valence electrons. The van der Waals surface area contributed by atoms with Crippen LogP contribution in [0.5, 0.6) is 0 Å². The number of rotatable bonds is 6. The molecule has 1 fully saturated rings. The van der Waals surface area contributed by atoms with Gasteiger partial charge in [-0.2, -0.15) is 0 Å². The number of carbonyl (C=O) groups is 2. The standard InChI is InChI=1S/C23H30N4O2/c1-16(2)22(28)26-19-6-7-21(27-11-8-17(3)9-12-27)20(13-19)23(29)25-15-18-5-4-10-24-14-18/h4-7,10,13-14,16-17H,8-9,11-12,15H2,1-3H3,(H,25,29)(H,26,28). The largest absolute Gasteiger partial charge is 0.371 e. The topological polar surface area (TPSA) is 74.3 Å². The first-order valence-corrected chi connectivity index (χ1v) is 10.3. The van der Waals surface area contributed by atoms with Crippen molar-refractivity contribution in [3.63, 3.8) is 0 Å². The number of pyridine rings is 1. The van der Waals surface area contributed by atoms with Crippen LogP contribution in [0, 0.1) is 11.8 Å². The van der Waals surface area contributed by atoms with Gasteiger partial charge >= 0.3 is 0 Å². The van der Waals surface area contributed by atoms with Crippen LogP contribution in [-0.4, -0.2) is 29.9 Å². The second-order valence-electron chi connectivity index (χ2n) is 8.09. The van der Waals surface area contributed by atoms with Crippen molar-refractivity contribution >= 4 is 23.2 Å². The van der Waals surface area contributed by atoms with E-state index in [0.717, 1.165) is 37.2 Å². The van der Waals surface area contributed by atoms with Crippen LogP contribution in [0.4, 0.5) is 11.4 Å². The Balaban J connectivity index is 1.83. The highest BCUT2D eigenvalue weighted by Crippen LogP contribution is 2.29. The molecule has 0 aliphatic carbocycles. The van der Waals surface area contributed by atoms with E-state index in [4.69, 9.17) is 0 Å². The molecule has 29 heavy (non-hydrogen) atoms. The van der Waals surface area contributed by atoms with Gasteiger partial charge < -0.3 is 15.5 Å². The fraction of sp³-hybridized carbons (Fsp3) is 0.435. The molecule has 0 spiro atoms. The van der Waals surface area contributed by atoms with Gasteiger partial charge in [0.1, 0.15) is 0 Å². The summed E-state index contributed by atoms with van der Waals surface area (Å²) in [7, 11) is 0. The number of aromatic nitrogens is 1. The number of piperidine rings is 1. The van der Waals surface area contributed by atoms with Crippen molar-refractivity contribution in [3.05, 3.63) is 53.9 Å². The van der Waals surface area contributed by atoms with E-state index in [1.54, 1.807) is 18.5 Å². The Bertz CT molecular complexity index is 843. The third-order valence-electron chi connectivity index (χ3n) is 5.33. The molecule has 1 aromatic heterocycles. The summed E-state index contributed by atoms with van der Waals surface area (Å²) < 4.78 is 0. The quantitative estimate of drug-likeness (QED) is 0.781. The van der Waals surface area contributed by atoms with Crippen LogP contribution >= 0.6 is 0 Å². The molecule has 2 N–H and O–H groups in total. The molecule has 1 aliphatic rings. The zero-order valence-electron chi connectivity index (χ0n) is 17.4. The van der Waals surface area contributed by atoms with Crippen LogP contribution in [-0.2, 0) is 11.3 Å². The van der Waals surface area contributed by atoms with Crippen molar-refractivity contribution in [2.75, 3.05) is 23.3 Å². The lowest BCUT2D eigenvalue weighted by Crippen LogP contribution is -2.35. The monoisotopic (exact) mass is 394 g/mol. The fourth-order valence-electron chi connectivity index (χ4n) is 3.39. The average Bonchev–Trinajstić information content (AvgIpc) is 2.73. The summed E-state index contributed by atoms with van der Waals surface area (Å²) in [5, 5.41) is 5.89. The number of benzene rings is 1. The number of nitrogens with one attached hydrogen (secondary N) is 2. The number of nitrogens with zero attached hydrogens (tertiary/aromatic N) is 2. The predicted molar refractivity (Wildman–Crippen MR) is 116 cm³/mol. The van der Waals surface area contributed by atoms with E-state index in [9.17, 15) is 9.59 Å². The van der Waals surface area contributed by atoms with Gasteiger partial charge in [-0.15, -0.1) is 0 Å². The zero-order chi connectivity index (χ0) is 20.8. The van der Waals surface area contributed by atoms with Gasteiger partial charge in [0.25, 0.3) is 5.91 Å². The maximum absolute atomic E-state index is 13.0. The van der Waals surface area contributed by atoms with Crippen molar-refractivity contribution < 1.29 is 9.59 Å². The molecule has 1 saturated heterocycles. The van der Waals surface area contributed by atoms with Crippen LogP contribution in [0.2, 0.25) is 0 Å². The normalized spacial score (nSPS) is 14.7. The Morgan fingerprint density at radius 1 is 1.21 bits per heavy atom. The van der Waals surface area contributed by atoms with Crippen LogP contribution in [0.15, 0.2) is 42.7 Å². The summed E-state index contributed by atoms with van der Waals surface area (Å²) in [6.45, 7) is 8.23. The molecule has 2 heterocycles. The van der Waals surface area contributed by atoms with E-state index in [1.165, 1.54) is 0 Å². The molecule has 6 nitrogen and oxygen atoms in total. The molecule has 2 aromatic rings. The number of hydrogen-bond donors (Lipinski definition) is 2. The van der Waals surface area contributed by atoms with Gasteiger partial charge in [-0.25, -0.2) is 0 Å². The van der Waals surface area contributed by atoms with Gasteiger partial charge in [-0.1, -0.05) is 26.8 Å². The first-order valence-electron chi connectivity index (χ1n) is 10.3. The molecule has 3 rings (SSSR count). The van der Waals surface area contributed by atoms with Gasteiger partial charge in [0.15, 0.2) is 0 Å². The predicted octanol–water partition coefficient (Wildman–Crippen LogP) is 3.84. The second kappa shape index (κ2) is 9.54. The number of hydrogen-bond acceptors (Lipinski definition) is 4. The van der Waals surface area contributed by atoms with Gasteiger partial charge in [0, 0.05) is 49.3 Å². The average molecular weight is 395 g/mol. The van der Waals surface area contributed by atoms with E-state index in [1.807, 2.05) is 38.1 Å². The Morgan fingerprint density at radius 2 is 1.97 bits per heavy atom. The summed E-state index contributed by atoms with van der Waals surface area (Å²) >= 11 is 0. The third-order valence-corrected chi connectivity index (χ3v) is 5.33. The van der Waals surface area contributed by atoms with Crippen molar-refractivity contribution in [2.24, 2.45) is 11.8 Å². The first kappa shape index (κ1) is 20.8. The van der Waals surface area contributed by atoms with Crippen LogP contribution in [0.1, 0.15) is 49.5 Å². The molecule has 0 radical (unpaired) electrons. The molecular formula is C23H30N4O2. The van der Waals surface area contributed by atoms with E-state index in [0.29, 0.717) is 23.7 Å². The highest BCUT2D eigenvalue weighted by atomic mass is 16.2. The van der Waals surface area contributed by atoms with Crippen LogP contribution in [0.3, 0.4) is 0 Å². The van der Waals surface area contributed by atoms with E-state index in [2.05, 4.69) is 27.4 Å². The van der Waals surface area contributed by atoms with E-state index >= 15 is 0 Å². The lowest BCUT2D eigenvalue weighted by atomic mass is 9.97. The van der Waals surface area contributed by atoms with Gasteiger partial charge in [-0.05, 0) is 48.6 Å². The Morgan fingerprint density at radius 3 is 2.62 bits per heavy atom. The molecule has 0 atom stereocenters. The van der Waals surface area contributed by atoms with Crippen molar-refractivity contribution in [1.82, 2.24) is 10.3 Å². The van der Waals surface area contributed by atoms with Crippen molar-refractivity contribution in [2.45, 2.75) is 40.2 Å². The van der Waals surface area contributed by atoms with Crippen LogP contribution < -0.4 is 15.5 Å². The molecule has 1 aromatic carbocycles. The van der Waals surface area contributed by atoms with Gasteiger partial charge in [-0.3, -0.25) is 14.6 Å². The molecule has 2 amide bonds. The Labute approximate surface area is 172 Å². The minimum atomic E-state index is -0.150. The van der Waals surface area contributed by atoms with E-state index < -0.39 is 0 Å². The minimum Gasteiger partial charge on any atom is -0.371 e. The summed E-state index contributed by atoms with van der Waals surface area (Å²) in [5.41, 5.74) is 3.09. The number of anilines is 2. The maximum atomic E-state index is 13.0. The summed E-state index contributed by atoms with van der Waals surface area (Å²) in [6.07, 6.45) is 5.68. The molecule has 1 aliphatic heterocycles. The minimum absolute atomic E-state index is 0.0636. The highest BCUT2D eigenvalue weighted by Gasteiger charge is 2.22. The zero-order valence-corrected chi connectivity index (χ0v) is 17.4. The molecular weight excluding hydrogens is 364 g/mol. The summed E-state index contributed by atoms with van der Waals surface area (Å²) in [6, 6.07) is 9.39. The molecule has 0 unspecified atom stereocenters. The summed E-state index contributed by atoms with van der Waals surface area (Å²) in [5.74, 6) is 0.370. The highest BCUT2D eigenvalue weighted by molar-refractivity contribution is 6.02. The third kappa shape index (κ3) is 5.56. The smallest absolute Gasteiger partial charge is 0.253 e. The Hall–Kier alpha value is -2.89. The lowest BCUT2D eigenvalue weighted by Gasteiger charge is -2.33. The first-order chi connectivity index (χ1) is 13.9. The molecule has 0 saturated carbocycles. The lowest BCUT2D eigenvalue weighted by molar-refractivity contribution is -0.118. The summed E-state index contributed by atoms with van der Waals surface area (Å²) in [4.78, 5) is 31.5. The molecule has 0 bridgehead atoms. The van der Waals surface area contributed by atoms with Crippen LogP contribution in [0.25, 0.3) is 0 Å². The fourth-order valence-corrected chi connectivity index (χ4v) is 3.39. The van der Waals surface area contributed by atoms with Gasteiger partial charge in [0.2, 0.25) is 5.91 Å². The second-order valence-corrected chi connectivity index (χ2v) is 8.09. The Kier molecular flexibility index (Phi) is 6.86. The number of amides is 2. The van der Waals surface area contributed by atoms with Crippen molar-refractivity contribution in [3.8, 4) is 0 Å². The van der Waals surface area contributed by atoms with Crippen molar-refractivity contribution in [1.29, 1.82) is 0 Å². The van der Waals surface area contributed by atoms with Gasteiger partial charge in [0.05, 0.1) is 5.56 Å². The number of carbonyl (C=O) groups excluding carboxylic acids is 2.